The van der Waals surface area contributed by atoms with Crippen molar-refractivity contribution in [3.05, 3.63) is 35.9 Å². The van der Waals surface area contributed by atoms with Gasteiger partial charge in [0.05, 0.1) is 5.60 Å². The third-order valence-electron chi connectivity index (χ3n) is 3.64. The number of allylic oxidation sites excluding steroid dienone is 1. The van der Waals surface area contributed by atoms with Gasteiger partial charge in [0.2, 0.25) is 0 Å². The Hall–Kier alpha value is -0.930. The van der Waals surface area contributed by atoms with Gasteiger partial charge in [0, 0.05) is 12.0 Å². The van der Waals surface area contributed by atoms with Crippen molar-refractivity contribution in [2.45, 2.75) is 50.5 Å². The lowest BCUT2D eigenvalue weighted by molar-refractivity contribution is 0.0140. The Labute approximate surface area is 133 Å². The van der Waals surface area contributed by atoms with Gasteiger partial charge in [-0.3, -0.25) is 0 Å². The van der Waals surface area contributed by atoms with Gasteiger partial charge in [-0.2, -0.15) is 0 Å². The SMILES string of the molecule is COC(C)(C)CCC/C(C)=C/COc1ccc(SC)cc1. The molecule has 0 fully saturated rings. The fraction of sp³-hybridized carbons (Fsp3) is 0.556. The van der Waals surface area contributed by atoms with Gasteiger partial charge in [-0.05, 0) is 76.6 Å². The van der Waals surface area contributed by atoms with Crippen molar-refractivity contribution in [3.8, 4) is 5.75 Å². The van der Waals surface area contributed by atoms with Crippen molar-refractivity contribution in [1.29, 1.82) is 0 Å². The molecule has 0 atom stereocenters. The molecule has 0 aliphatic carbocycles. The fourth-order valence-corrected chi connectivity index (χ4v) is 2.36. The van der Waals surface area contributed by atoms with Gasteiger partial charge < -0.3 is 9.47 Å². The van der Waals surface area contributed by atoms with E-state index in [-0.39, 0.29) is 5.60 Å². The summed E-state index contributed by atoms with van der Waals surface area (Å²) in [7, 11) is 1.78. The molecule has 2 nitrogen and oxygen atoms in total. The summed E-state index contributed by atoms with van der Waals surface area (Å²) < 4.78 is 11.2. The summed E-state index contributed by atoms with van der Waals surface area (Å²) in [5, 5.41) is 0. The average molecular weight is 308 g/mol. The molecule has 0 saturated carbocycles. The number of methoxy groups -OCH3 is 1. The lowest BCUT2D eigenvalue weighted by Crippen LogP contribution is -2.21. The molecule has 0 aliphatic heterocycles. The third-order valence-corrected chi connectivity index (χ3v) is 4.39. The molecule has 1 aromatic rings. The summed E-state index contributed by atoms with van der Waals surface area (Å²) in [6.07, 6.45) is 7.56. The molecule has 0 saturated heterocycles. The van der Waals surface area contributed by atoms with Crippen LogP contribution >= 0.6 is 11.8 Å². The van der Waals surface area contributed by atoms with Gasteiger partial charge in [-0.25, -0.2) is 0 Å². The summed E-state index contributed by atoms with van der Waals surface area (Å²) in [4.78, 5) is 1.26. The number of rotatable bonds is 9. The summed E-state index contributed by atoms with van der Waals surface area (Å²) in [6, 6.07) is 8.22. The molecule has 0 heterocycles. The Morgan fingerprint density at radius 3 is 2.48 bits per heavy atom. The Balaban J connectivity index is 2.28. The molecule has 0 radical (unpaired) electrons. The maximum absolute atomic E-state index is 5.73. The maximum Gasteiger partial charge on any atom is 0.119 e. The van der Waals surface area contributed by atoms with E-state index in [0.29, 0.717) is 6.61 Å². The molecule has 0 unspecified atom stereocenters. The van der Waals surface area contributed by atoms with E-state index in [4.69, 9.17) is 9.47 Å². The maximum atomic E-state index is 5.73. The van der Waals surface area contributed by atoms with Crippen molar-refractivity contribution in [2.24, 2.45) is 0 Å². The molecule has 0 N–H and O–H groups in total. The Kier molecular flexibility index (Phi) is 7.91. The highest BCUT2D eigenvalue weighted by Gasteiger charge is 2.14. The molecule has 0 bridgehead atoms. The van der Waals surface area contributed by atoms with Crippen LogP contribution in [0.3, 0.4) is 0 Å². The van der Waals surface area contributed by atoms with Gasteiger partial charge in [0.25, 0.3) is 0 Å². The van der Waals surface area contributed by atoms with E-state index in [9.17, 15) is 0 Å². The zero-order valence-corrected chi connectivity index (χ0v) is 14.8. The molecule has 0 amide bonds. The van der Waals surface area contributed by atoms with E-state index >= 15 is 0 Å². The second-order valence-corrected chi connectivity index (χ2v) is 6.73. The van der Waals surface area contributed by atoms with Crippen molar-refractivity contribution >= 4 is 11.8 Å². The molecule has 0 aliphatic rings. The molecule has 1 rings (SSSR count). The van der Waals surface area contributed by atoms with Crippen LogP contribution in [-0.2, 0) is 4.74 Å². The van der Waals surface area contributed by atoms with Crippen molar-refractivity contribution in [2.75, 3.05) is 20.0 Å². The van der Waals surface area contributed by atoms with Crippen LogP contribution in [0.25, 0.3) is 0 Å². The van der Waals surface area contributed by atoms with Crippen LogP contribution in [0, 0.1) is 0 Å². The second kappa shape index (κ2) is 9.16. The predicted octanol–water partition coefficient (Wildman–Crippen LogP) is 5.33. The number of thioether (sulfide) groups is 1. The quantitative estimate of drug-likeness (QED) is 0.454. The van der Waals surface area contributed by atoms with Gasteiger partial charge in [-0.1, -0.05) is 5.57 Å². The first kappa shape index (κ1) is 18.1. The monoisotopic (exact) mass is 308 g/mol. The predicted molar refractivity (Wildman–Crippen MR) is 92.4 cm³/mol. The van der Waals surface area contributed by atoms with Gasteiger partial charge >= 0.3 is 0 Å². The lowest BCUT2D eigenvalue weighted by Gasteiger charge is -2.22. The Bertz CT molecular complexity index is 435. The van der Waals surface area contributed by atoms with Crippen molar-refractivity contribution < 1.29 is 9.47 Å². The lowest BCUT2D eigenvalue weighted by atomic mass is 9.99. The normalized spacial score (nSPS) is 12.5. The minimum Gasteiger partial charge on any atom is -0.490 e. The van der Waals surface area contributed by atoms with E-state index in [1.807, 2.05) is 12.1 Å². The second-order valence-electron chi connectivity index (χ2n) is 5.85. The van der Waals surface area contributed by atoms with Crippen LogP contribution in [-0.4, -0.2) is 25.6 Å². The van der Waals surface area contributed by atoms with E-state index in [2.05, 4.69) is 45.2 Å². The first-order valence-corrected chi connectivity index (χ1v) is 8.67. The minimum absolute atomic E-state index is 0.0180. The largest absolute Gasteiger partial charge is 0.490 e. The summed E-state index contributed by atoms with van der Waals surface area (Å²) in [5.41, 5.74) is 1.36. The smallest absolute Gasteiger partial charge is 0.119 e. The van der Waals surface area contributed by atoms with Crippen LogP contribution in [0.15, 0.2) is 40.8 Å². The summed E-state index contributed by atoms with van der Waals surface area (Å²) in [6.45, 7) is 7.07. The zero-order valence-electron chi connectivity index (χ0n) is 13.9. The van der Waals surface area contributed by atoms with Crippen LogP contribution in [0.4, 0.5) is 0 Å². The van der Waals surface area contributed by atoms with Crippen LogP contribution < -0.4 is 4.74 Å². The molecule has 21 heavy (non-hydrogen) atoms. The highest BCUT2D eigenvalue weighted by molar-refractivity contribution is 7.98. The summed E-state index contributed by atoms with van der Waals surface area (Å²) in [5.74, 6) is 0.928. The first-order chi connectivity index (χ1) is 9.96. The van der Waals surface area contributed by atoms with Crippen molar-refractivity contribution in [1.82, 2.24) is 0 Å². The van der Waals surface area contributed by atoms with E-state index in [1.54, 1.807) is 18.9 Å². The fourth-order valence-electron chi connectivity index (χ4n) is 1.95. The number of hydrogen-bond acceptors (Lipinski definition) is 3. The molecule has 118 valence electrons. The first-order valence-electron chi connectivity index (χ1n) is 7.44. The molecule has 1 aromatic carbocycles. The average Bonchev–Trinajstić information content (AvgIpc) is 2.48. The molecular weight excluding hydrogens is 280 g/mol. The highest BCUT2D eigenvalue weighted by Crippen LogP contribution is 2.20. The zero-order chi connectivity index (χ0) is 15.7. The van der Waals surface area contributed by atoms with Crippen LogP contribution in [0.2, 0.25) is 0 Å². The van der Waals surface area contributed by atoms with Gasteiger partial charge in [0.15, 0.2) is 0 Å². The standard InChI is InChI=1S/C18H28O2S/c1-15(7-6-13-18(2,3)19-4)12-14-20-16-8-10-17(21-5)11-9-16/h8-12H,6-7,13-14H2,1-5H3/b15-12+. The van der Waals surface area contributed by atoms with E-state index < -0.39 is 0 Å². The van der Waals surface area contributed by atoms with Gasteiger partial charge in [-0.15, -0.1) is 11.8 Å². The molecule has 0 aromatic heterocycles. The number of ether oxygens (including phenoxy) is 2. The topological polar surface area (TPSA) is 18.5 Å². The van der Waals surface area contributed by atoms with E-state index in [0.717, 1.165) is 25.0 Å². The highest BCUT2D eigenvalue weighted by atomic mass is 32.2. The van der Waals surface area contributed by atoms with Gasteiger partial charge in [0.1, 0.15) is 12.4 Å². The Morgan fingerprint density at radius 1 is 1.24 bits per heavy atom. The van der Waals surface area contributed by atoms with Crippen molar-refractivity contribution in [3.63, 3.8) is 0 Å². The summed E-state index contributed by atoms with van der Waals surface area (Å²) >= 11 is 1.74. The molecule has 0 spiro atoms. The minimum atomic E-state index is -0.0180. The molecule has 3 heteroatoms. The number of benzene rings is 1. The third kappa shape index (κ3) is 7.58. The van der Waals surface area contributed by atoms with E-state index in [1.165, 1.54) is 10.5 Å². The van der Waals surface area contributed by atoms with Crippen LogP contribution in [0.5, 0.6) is 5.75 Å². The molecular formula is C18H28O2S. The Morgan fingerprint density at radius 2 is 1.90 bits per heavy atom. The van der Waals surface area contributed by atoms with Crippen LogP contribution in [0.1, 0.15) is 40.0 Å². The number of hydrogen-bond donors (Lipinski definition) is 0.